The van der Waals surface area contributed by atoms with Crippen LogP contribution in [-0.2, 0) is 10.2 Å². The SMILES string of the molecule is C=CCC12CC(=O)CC(c3ccccc31)c1ccccc12. The van der Waals surface area contributed by atoms with Gasteiger partial charge in [-0.15, -0.1) is 6.58 Å². The quantitative estimate of drug-likeness (QED) is 0.744. The molecular formula is C20H18O. The van der Waals surface area contributed by atoms with Crippen molar-refractivity contribution in [2.45, 2.75) is 30.6 Å². The normalized spacial score (nSPS) is 25.9. The molecule has 0 fully saturated rings. The molecule has 5 rings (SSSR count). The van der Waals surface area contributed by atoms with E-state index in [1.54, 1.807) is 0 Å². The van der Waals surface area contributed by atoms with Gasteiger partial charge in [0.1, 0.15) is 5.78 Å². The van der Waals surface area contributed by atoms with Crippen LogP contribution in [0.3, 0.4) is 0 Å². The van der Waals surface area contributed by atoms with E-state index in [4.69, 9.17) is 0 Å². The third-order valence-electron chi connectivity index (χ3n) is 5.13. The van der Waals surface area contributed by atoms with E-state index >= 15 is 0 Å². The maximum absolute atomic E-state index is 12.5. The highest BCUT2D eigenvalue weighted by Crippen LogP contribution is 2.54. The summed E-state index contributed by atoms with van der Waals surface area (Å²) in [7, 11) is 0. The molecule has 1 heteroatoms. The van der Waals surface area contributed by atoms with Gasteiger partial charge in [0.05, 0.1) is 0 Å². The molecule has 2 aromatic rings. The fourth-order valence-electron chi connectivity index (χ4n) is 4.37. The molecule has 0 aromatic heterocycles. The van der Waals surface area contributed by atoms with Crippen molar-refractivity contribution >= 4 is 5.78 Å². The summed E-state index contributed by atoms with van der Waals surface area (Å²) >= 11 is 0. The average molecular weight is 274 g/mol. The van der Waals surface area contributed by atoms with Gasteiger partial charge < -0.3 is 0 Å². The Bertz CT molecular complexity index is 694. The zero-order chi connectivity index (χ0) is 14.4. The first-order valence-electron chi connectivity index (χ1n) is 7.58. The zero-order valence-corrected chi connectivity index (χ0v) is 12.0. The molecule has 0 saturated heterocycles. The lowest BCUT2D eigenvalue weighted by atomic mass is 9.62. The molecule has 1 nitrogen and oxygen atoms in total. The molecule has 0 heterocycles. The fraction of sp³-hybridized carbons (Fsp3) is 0.250. The maximum Gasteiger partial charge on any atom is 0.135 e. The lowest BCUT2D eigenvalue weighted by molar-refractivity contribution is -0.119. The first kappa shape index (κ1) is 12.6. The number of ketones is 1. The molecule has 2 aromatic carbocycles. The topological polar surface area (TPSA) is 17.1 Å². The van der Waals surface area contributed by atoms with E-state index in [-0.39, 0.29) is 11.3 Å². The Hall–Kier alpha value is -2.15. The van der Waals surface area contributed by atoms with Crippen molar-refractivity contribution in [1.29, 1.82) is 0 Å². The summed E-state index contributed by atoms with van der Waals surface area (Å²) in [6.45, 7) is 3.96. The summed E-state index contributed by atoms with van der Waals surface area (Å²) in [4.78, 5) is 12.5. The summed E-state index contributed by atoms with van der Waals surface area (Å²) < 4.78 is 0. The van der Waals surface area contributed by atoms with E-state index in [2.05, 4.69) is 55.1 Å². The number of hydrogen-bond acceptors (Lipinski definition) is 1. The predicted molar refractivity (Wildman–Crippen MR) is 84.6 cm³/mol. The van der Waals surface area contributed by atoms with Gasteiger partial charge >= 0.3 is 0 Å². The molecule has 0 aliphatic heterocycles. The summed E-state index contributed by atoms with van der Waals surface area (Å²) in [6, 6.07) is 17.2. The zero-order valence-electron chi connectivity index (χ0n) is 12.0. The van der Waals surface area contributed by atoms with Gasteiger partial charge in [0.15, 0.2) is 0 Å². The second-order valence-electron chi connectivity index (χ2n) is 6.22. The summed E-state index contributed by atoms with van der Waals surface area (Å²) in [6.07, 6.45) is 4.02. The van der Waals surface area contributed by atoms with Crippen molar-refractivity contribution in [3.05, 3.63) is 83.4 Å². The van der Waals surface area contributed by atoms with Gasteiger partial charge in [0, 0.05) is 24.2 Å². The van der Waals surface area contributed by atoms with Crippen molar-refractivity contribution in [3.8, 4) is 0 Å². The third-order valence-corrected chi connectivity index (χ3v) is 5.13. The van der Waals surface area contributed by atoms with Crippen LogP contribution in [0.5, 0.6) is 0 Å². The molecule has 0 unspecified atom stereocenters. The lowest BCUT2D eigenvalue weighted by Gasteiger charge is -2.40. The first-order valence-corrected chi connectivity index (χ1v) is 7.58. The minimum Gasteiger partial charge on any atom is -0.300 e. The highest BCUT2D eigenvalue weighted by Gasteiger charge is 2.47. The molecule has 0 saturated carbocycles. The monoisotopic (exact) mass is 274 g/mol. The second-order valence-corrected chi connectivity index (χ2v) is 6.22. The summed E-state index contributed by atoms with van der Waals surface area (Å²) in [5.41, 5.74) is 5.13. The van der Waals surface area contributed by atoms with Gasteiger partial charge in [-0.3, -0.25) is 4.79 Å². The van der Waals surface area contributed by atoms with Gasteiger partial charge in [-0.25, -0.2) is 0 Å². The minimum absolute atomic E-state index is 0.209. The Morgan fingerprint density at radius 3 is 2.19 bits per heavy atom. The fourth-order valence-corrected chi connectivity index (χ4v) is 4.37. The lowest BCUT2D eigenvalue weighted by Crippen LogP contribution is -2.33. The van der Waals surface area contributed by atoms with Crippen LogP contribution < -0.4 is 0 Å². The largest absolute Gasteiger partial charge is 0.300 e. The van der Waals surface area contributed by atoms with Crippen LogP contribution in [0.25, 0.3) is 0 Å². The smallest absolute Gasteiger partial charge is 0.135 e. The molecule has 2 bridgehead atoms. The molecule has 0 N–H and O–H groups in total. The maximum atomic E-state index is 12.5. The van der Waals surface area contributed by atoms with Crippen molar-refractivity contribution in [3.63, 3.8) is 0 Å². The van der Waals surface area contributed by atoms with Gasteiger partial charge in [-0.05, 0) is 28.7 Å². The van der Waals surface area contributed by atoms with Gasteiger partial charge in [0.2, 0.25) is 0 Å². The Labute approximate surface area is 125 Å². The number of carbonyl (C=O) groups is 1. The van der Waals surface area contributed by atoms with Gasteiger partial charge in [0.25, 0.3) is 0 Å². The van der Waals surface area contributed by atoms with Crippen LogP contribution in [0.15, 0.2) is 61.2 Å². The number of fused-ring (bicyclic) bond motifs is 2. The van der Waals surface area contributed by atoms with Crippen LogP contribution in [0.1, 0.15) is 47.4 Å². The Morgan fingerprint density at radius 2 is 1.62 bits per heavy atom. The molecule has 0 atom stereocenters. The van der Waals surface area contributed by atoms with Crippen LogP contribution in [0.4, 0.5) is 0 Å². The van der Waals surface area contributed by atoms with Crippen molar-refractivity contribution in [1.82, 2.24) is 0 Å². The molecule has 3 aliphatic carbocycles. The second kappa shape index (κ2) is 4.42. The number of rotatable bonds is 2. The number of hydrogen-bond donors (Lipinski definition) is 0. The first-order chi connectivity index (χ1) is 10.3. The molecule has 0 radical (unpaired) electrons. The van der Waals surface area contributed by atoms with Gasteiger partial charge in [-0.1, -0.05) is 54.6 Å². The van der Waals surface area contributed by atoms with Crippen molar-refractivity contribution in [2.75, 3.05) is 0 Å². The Morgan fingerprint density at radius 1 is 1.05 bits per heavy atom. The van der Waals surface area contributed by atoms with Crippen molar-refractivity contribution in [2.24, 2.45) is 0 Å². The highest BCUT2D eigenvalue weighted by atomic mass is 16.1. The van der Waals surface area contributed by atoms with Crippen LogP contribution >= 0.6 is 0 Å². The number of carbonyl (C=O) groups excluding carboxylic acids is 1. The summed E-state index contributed by atoms with van der Waals surface area (Å²) in [5, 5.41) is 0. The van der Waals surface area contributed by atoms with Crippen molar-refractivity contribution < 1.29 is 4.79 Å². The van der Waals surface area contributed by atoms with E-state index < -0.39 is 0 Å². The highest BCUT2D eigenvalue weighted by molar-refractivity contribution is 5.86. The molecule has 0 amide bonds. The van der Waals surface area contributed by atoms with Crippen LogP contribution in [0.2, 0.25) is 0 Å². The van der Waals surface area contributed by atoms with E-state index in [0.29, 0.717) is 18.6 Å². The van der Waals surface area contributed by atoms with Crippen LogP contribution in [-0.4, -0.2) is 5.78 Å². The van der Waals surface area contributed by atoms with Crippen LogP contribution in [0, 0.1) is 0 Å². The molecule has 104 valence electrons. The molecule has 21 heavy (non-hydrogen) atoms. The van der Waals surface area contributed by atoms with E-state index in [1.807, 2.05) is 6.08 Å². The third kappa shape index (κ3) is 1.61. The number of Topliss-reactive ketones (excluding diaryl/α,β-unsaturated/α-hetero) is 1. The Balaban J connectivity index is 2.11. The Kier molecular flexibility index (Phi) is 2.65. The summed E-state index contributed by atoms with van der Waals surface area (Å²) in [5.74, 6) is 0.597. The predicted octanol–water partition coefficient (Wildman–Crippen LogP) is 4.36. The molecule has 3 aliphatic rings. The molecular weight excluding hydrogens is 256 g/mol. The van der Waals surface area contributed by atoms with E-state index in [9.17, 15) is 4.79 Å². The van der Waals surface area contributed by atoms with E-state index in [1.165, 1.54) is 22.3 Å². The van der Waals surface area contributed by atoms with E-state index in [0.717, 1.165) is 6.42 Å². The van der Waals surface area contributed by atoms with Gasteiger partial charge in [-0.2, -0.15) is 0 Å². The minimum atomic E-state index is -0.209. The molecule has 0 spiro atoms. The standard InChI is InChI=1S/C20H18O/c1-2-11-20-13-14(21)12-17(15-7-3-5-9-18(15)20)16-8-4-6-10-19(16)20/h2-10,17H,1,11-13H2. The average Bonchev–Trinajstić information content (AvgIpc) is 2.71. The number of benzene rings is 2. The number of allylic oxidation sites excluding steroid dienone is 1.